The van der Waals surface area contributed by atoms with E-state index >= 15 is 0 Å². The quantitative estimate of drug-likeness (QED) is 0.894. The lowest BCUT2D eigenvalue weighted by Crippen LogP contribution is -2.50. The maximum atomic E-state index is 12.0. The molecule has 0 saturated carbocycles. The highest BCUT2D eigenvalue weighted by Gasteiger charge is 2.32. The van der Waals surface area contributed by atoms with E-state index in [9.17, 15) is 8.42 Å². The molecular weight excluding hydrogens is 308 g/mol. The van der Waals surface area contributed by atoms with Gasteiger partial charge >= 0.3 is 0 Å². The summed E-state index contributed by atoms with van der Waals surface area (Å²) in [6, 6.07) is 11.0. The molecule has 0 radical (unpaired) electrons. The first kappa shape index (κ1) is 16.9. The van der Waals surface area contributed by atoms with E-state index in [1.807, 2.05) is 0 Å². The van der Waals surface area contributed by atoms with E-state index in [1.165, 1.54) is 5.56 Å². The largest absolute Gasteiger partial charge is 0.311 e. The van der Waals surface area contributed by atoms with Gasteiger partial charge in [0.05, 0.1) is 11.0 Å². The van der Waals surface area contributed by atoms with Crippen molar-refractivity contribution in [3.63, 3.8) is 0 Å². The molecular formula is C18H28N2O2S. The lowest BCUT2D eigenvalue weighted by atomic mass is 9.95. The molecule has 1 N–H and O–H groups in total. The Morgan fingerprint density at radius 3 is 2.70 bits per heavy atom. The summed E-state index contributed by atoms with van der Waals surface area (Å²) < 4.78 is 23.9. The summed E-state index contributed by atoms with van der Waals surface area (Å²) in [5.41, 5.74) is 1.35. The van der Waals surface area contributed by atoms with Crippen LogP contribution in [0.3, 0.4) is 0 Å². The Kier molecular flexibility index (Phi) is 5.39. The number of piperidine rings is 1. The van der Waals surface area contributed by atoms with Gasteiger partial charge in [0.2, 0.25) is 0 Å². The molecule has 1 aromatic rings. The Bertz CT molecular complexity index is 603. The van der Waals surface area contributed by atoms with Crippen LogP contribution in [0.5, 0.6) is 0 Å². The molecule has 128 valence electrons. The van der Waals surface area contributed by atoms with E-state index in [1.54, 1.807) is 0 Å². The first-order valence-corrected chi connectivity index (χ1v) is 10.5. The van der Waals surface area contributed by atoms with E-state index in [2.05, 4.69) is 47.5 Å². The number of likely N-dealkylation sites (tertiary alicyclic amines) is 1. The second-order valence-corrected chi connectivity index (χ2v) is 9.66. The van der Waals surface area contributed by atoms with E-state index in [0.717, 1.165) is 38.9 Å². The fraction of sp³-hybridized carbons (Fsp3) is 0.667. The van der Waals surface area contributed by atoms with E-state index < -0.39 is 9.84 Å². The number of rotatable bonds is 5. The molecule has 5 heteroatoms. The third kappa shape index (κ3) is 4.55. The van der Waals surface area contributed by atoms with E-state index in [0.29, 0.717) is 24.3 Å². The molecule has 2 heterocycles. The minimum atomic E-state index is -2.84. The molecule has 0 amide bonds. The Morgan fingerprint density at radius 1 is 1.22 bits per heavy atom. The lowest BCUT2D eigenvalue weighted by molar-refractivity contribution is 0.142. The van der Waals surface area contributed by atoms with E-state index in [-0.39, 0.29) is 5.25 Å². The van der Waals surface area contributed by atoms with Crippen molar-refractivity contribution in [3.05, 3.63) is 35.9 Å². The van der Waals surface area contributed by atoms with Crippen molar-refractivity contribution in [2.75, 3.05) is 25.4 Å². The number of nitrogens with one attached hydrogen (secondary N) is 1. The third-order valence-electron chi connectivity index (χ3n) is 5.08. The molecule has 1 aromatic carbocycles. The van der Waals surface area contributed by atoms with Gasteiger partial charge in [-0.05, 0) is 30.7 Å². The van der Waals surface area contributed by atoms with Crippen LogP contribution in [0.15, 0.2) is 30.3 Å². The molecule has 2 saturated heterocycles. The van der Waals surface area contributed by atoms with Crippen LogP contribution in [0.4, 0.5) is 0 Å². The Morgan fingerprint density at radius 2 is 2.00 bits per heavy atom. The molecule has 2 fully saturated rings. The molecule has 0 bridgehead atoms. The van der Waals surface area contributed by atoms with Gasteiger partial charge in [0.25, 0.3) is 0 Å². The van der Waals surface area contributed by atoms with Crippen molar-refractivity contribution in [2.24, 2.45) is 5.92 Å². The standard InChI is InChI=1S/C18H28N2O2S/c1-15-10-17(19-11-18-8-5-9-23(18,21)22)14-20(12-15)13-16-6-3-2-4-7-16/h2-4,6-7,15,17-19H,5,8-14H2,1H3/t15-,17-,18-/m1/s1. The van der Waals surface area contributed by atoms with Gasteiger partial charge in [0.1, 0.15) is 0 Å². The van der Waals surface area contributed by atoms with Gasteiger partial charge in [-0.2, -0.15) is 0 Å². The highest BCUT2D eigenvalue weighted by atomic mass is 32.2. The zero-order valence-electron chi connectivity index (χ0n) is 13.9. The number of hydrogen-bond donors (Lipinski definition) is 1. The third-order valence-corrected chi connectivity index (χ3v) is 7.36. The molecule has 4 nitrogen and oxygen atoms in total. The number of sulfone groups is 1. The average molecular weight is 337 g/mol. The summed E-state index contributed by atoms with van der Waals surface area (Å²) in [6.07, 6.45) is 2.79. The highest BCUT2D eigenvalue weighted by molar-refractivity contribution is 7.92. The van der Waals surface area contributed by atoms with Gasteiger partial charge < -0.3 is 5.32 Å². The first-order chi connectivity index (χ1) is 11.0. The molecule has 2 aliphatic rings. The zero-order chi connectivity index (χ0) is 16.3. The van der Waals surface area contributed by atoms with Crippen LogP contribution < -0.4 is 5.32 Å². The van der Waals surface area contributed by atoms with Crippen molar-refractivity contribution in [1.29, 1.82) is 0 Å². The number of hydrogen-bond acceptors (Lipinski definition) is 4. The van der Waals surface area contributed by atoms with Crippen molar-refractivity contribution >= 4 is 9.84 Å². The fourth-order valence-electron chi connectivity index (χ4n) is 3.97. The summed E-state index contributed by atoms with van der Waals surface area (Å²) in [5.74, 6) is 1.02. The van der Waals surface area contributed by atoms with Gasteiger partial charge in [-0.25, -0.2) is 8.42 Å². The van der Waals surface area contributed by atoms with Gasteiger partial charge in [-0.3, -0.25) is 4.90 Å². The van der Waals surface area contributed by atoms with Crippen LogP contribution in [0.1, 0.15) is 31.7 Å². The molecule has 0 aliphatic carbocycles. The van der Waals surface area contributed by atoms with Crippen LogP contribution >= 0.6 is 0 Å². The Labute approximate surface area is 140 Å². The van der Waals surface area contributed by atoms with Crippen molar-refractivity contribution < 1.29 is 8.42 Å². The predicted octanol–water partition coefficient (Wildman–Crippen LogP) is 2.06. The molecule has 23 heavy (non-hydrogen) atoms. The Balaban J connectivity index is 1.53. The smallest absolute Gasteiger partial charge is 0.154 e. The minimum absolute atomic E-state index is 0.165. The van der Waals surface area contributed by atoms with Crippen LogP contribution in [-0.2, 0) is 16.4 Å². The highest BCUT2D eigenvalue weighted by Crippen LogP contribution is 2.22. The normalized spacial score (nSPS) is 31.3. The van der Waals surface area contributed by atoms with Gasteiger partial charge in [0, 0.05) is 32.2 Å². The summed E-state index contributed by atoms with van der Waals surface area (Å²) in [4.78, 5) is 2.49. The van der Waals surface area contributed by atoms with Crippen LogP contribution in [0.25, 0.3) is 0 Å². The van der Waals surface area contributed by atoms with Crippen LogP contribution in [0, 0.1) is 5.92 Å². The van der Waals surface area contributed by atoms with Crippen LogP contribution in [-0.4, -0.2) is 50.0 Å². The maximum Gasteiger partial charge on any atom is 0.154 e. The van der Waals surface area contributed by atoms with Gasteiger partial charge in [-0.1, -0.05) is 37.3 Å². The average Bonchev–Trinajstić information content (AvgIpc) is 2.84. The minimum Gasteiger partial charge on any atom is -0.311 e. The number of benzene rings is 1. The van der Waals surface area contributed by atoms with Gasteiger partial charge in [0.15, 0.2) is 9.84 Å². The number of nitrogens with zero attached hydrogens (tertiary/aromatic N) is 1. The van der Waals surface area contributed by atoms with Gasteiger partial charge in [-0.15, -0.1) is 0 Å². The monoisotopic (exact) mass is 336 g/mol. The zero-order valence-corrected chi connectivity index (χ0v) is 14.8. The summed E-state index contributed by atoms with van der Waals surface area (Å²) in [5, 5.41) is 3.38. The summed E-state index contributed by atoms with van der Waals surface area (Å²) in [6.45, 7) is 6.02. The Hall–Kier alpha value is -0.910. The molecule has 2 aliphatic heterocycles. The summed E-state index contributed by atoms with van der Waals surface area (Å²) >= 11 is 0. The van der Waals surface area contributed by atoms with Crippen molar-refractivity contribution in [2.45, 2.75) is 44.0 Å². The summed E-state index contributed by atoms with van der Waals surface area (Å²) in [7, 11) is -2.84. The topological polar surface area (TPSA) is 49.4 Å². The predicted molar refractivity (Wildman–Crippen MR) is 94.1 cm³/mol. The first-order valence-electron chi connectivity index (χ1n) is 8.74. The van der Waals surface area contributed by atoms with Crippen LogP contribution in [0.2, 0.25) is 0 Å². The SMILES string of the molecule is C[C@@H]1C[C@@H](NC[C@H]2CCCS2(=O)=O)CN(Cc2ccccc2)C1. The molecule has 0 unspecified atom stereocenters. The lowest BCUT2D eigenvalue weighted by Gasteiger charge is -2.37. The molecule has 3 atom stereocenters. The second-order valence-electron chi connectivity index (χ2n) is 7.26. The molecule has 0 spiro atoms. The van der Waals surface area contributed by atoms with E-state index in [4.69, 9.17) is 0 Å². The van der Waals surface area contributed by atoms with Crippen molar-refractivity contribution in [1.82, 2.24) is 10.2 Å². The fourth-order valence-corrected chi connectivity index (χ4v) is 5.74. The molecule has 3 rings (SSSR count). The molecule has 0 aromatic heterocycles. The van der Waals surface area contributed by atoms with Crippen molar-refractivity contribution in [3.8, 4) is 0 Å². The second kappa shape index (κ2) is 7.32. The maximum absolute atomic E-state index is 12.0.